The standard InChI is InChI=1S/C10H8NO3/c1-2-14-11-9(12)7-5-3-4-6-8(7)10(11)13/h3-6H,1-2H2/i1T. The topological polar surface area (TPSA) is 46.6 Å². The van der Waals surface area contributed by atoms with Crippen LogP contribution in [0.3, 0.4) is 0 Å². The van der Waals surface area contributed by atoms with Crippen LogP contribution in [0, 0.1) is 6.90 Å². The van der Waals surface area contributed by atoms with Crippen molar-refractivity contribution in [1.82, 2.24) is 5.06 Å². The summed E-state index contributed by atoms with van der Waals surface area (Å²) in [6.07, 6.45) is 0. The monoisotopic (exact) mass is 192 g/mol. The predicted octanol–water partition coefficient (Wildman–Crippen LogP) is 1.05. The molecule has 0 saturated carbocycles. The van der Waals surface area contributed by atoms with Gasteiger partial charge in [-0.15, -0.1) is 5.06 Å². The highest BCUT2D eigenvalue weighted by atomic mass is 16.7. The third kappa shape index (κ3) is 1.12. The van der Waals surface area contributed by atoms with Crippen molar-refractivity contribution >= 4 is 11.8 Å². The third-order valence-electron chi connectivity index (χ3n) is 1.96. The zero-order chi connectivity index (χ0) is 10.8. The van der Waals surface area contributed by atoms with Crippen molar-refractivity contribution in [1.29, 1.82) is 0 Å². The maximum atomic E-state index is 11.6. The van der Waals surface area contributed by atoms with Crippen LogP contribution < -0.4 is 0 Å². The van der Waals surface area contributed by atoms with Crippen molar-refractivity contribution in [3.8, 4) is 0 Å². The van der Waals surface area contributed by atoms with E-state index in [4.69, 9.17) is 6.21 Å². The van der Waals surface area contributed by atoms with Gasteiger partial charge in [-0.1, -0.05) is 12.1 Å². The van der Waals surface area contributed by atoms with Gasteiger partial charge in [0.15, 0.2) is 0 Å². The Hall–Kier alpha value is -1.68. The number of hydroxylamine groups is 2. The second kappa shape index (κ2) is 3.23. The number of hydrogen-bond donors (Lipinski definition) is 0. The summed E-state index contributed by atoms with van der Waals surface area (Å²) in [4.78, 5) is 28.1. The van der Waals surface area contributed by atoms with Crippen LogP contribution in [-0.2, 0) is 4.84 Å². The Morgan fingerprint density at radius 1 is 1.29 bits per heavy atom. The van der Waals surface area contributed by atoms with Crippen molar-refractivity contribution < 1.29 is 15.8 Å². The molecular formula is C10H8NO3. The summed E-state index contributed by atoms with van der Waals surface area (Å²) in [7, 11) is 0. The molecule has 1 aliphatic rings. The largest absolute Gasteiger partial charge is 0.285 e. The van der Waals surface area contributed by atoms with Gasteiger partial charge in [-0.2, -0.15) is 0 Å². The van der Waals surface area contributed by atoms with E-state index in [0.29, 0.717) is 16.2 Å². The number of benzene rings is 1. The van der Waals surface area contributed by atoms with Gasteiger partial charge in [-0.05, 0) is 19.0 Å². The molecule has 2 amide bonds. The summed E-state index contributed by atoms with van der Waals surface area (Å²) in [5.41, 5.74) is 0.681. The zero-order valence-corrected chi connectivity index (χ0v) is 7.27. The average Bonchev–Trinajstić information content (AvgIpc) is 2.51. The molecule has 0 aromatic heterocycles. The van der Waals surface area contributed by atoms with Crippen LogP contribution in [0.1, 0.15) is 22.1 Å². The van der Waals surface area contributed by atoms with Crippen molar-refractivity contribution in [2.24, 2.45) is 0 Å². The molecule has 0 bridgehead atoms. The Kier molecular flexibility index (Phi) is 1.78. The highest BCUT2D eigenvalue weighted by Gasteiger charge is 2.35. The lowest BCUT2D eigenvalue weighted by Gasteiger charge is -2.10. The highest BCUT2D eigenvalue weighted by Crippen LogP contribution is 2.22. The minimum absolute atomic E-state index is 0.0918. The van der Waals surface area contributed by atoms with Crippen LogP contribution in [0.15, 0.2) is 24.3 Å². The Labute approximate surface area is 82.4 Å². The maximum absolute atomic E-state index is 11.6. The molecule has 1 radical (unpaired) electrons. The number of imide groups is 1. The molecule has 4 heteroatoms. The van der Waals surface area contributed by atoms with E-state index in [9.17, 15) is 9.59 Å². The van der Waals surface area contributed by atoms with Crippen LogP contribution in [0.25, 0.3) is 0 Å². The van der Waals surface area contributed by atoms with Gasteiger partial charge in [0.05, 0.1) is 17.7 Å². The molecule has 2 rings (SSSR count). The SMILES string of the molecule is [3H][CH]CON1C(=O)c2ccccc2C1=O. The van der Waals surface area contributed by atoms with Gasteiger partial charge >= 0.3 is 0 Å². The van der Waals surface area contributed by atoms with E-state index < -0.39 is 11.8 Å². The smallest absolute Gasteiger partial charge is 0.266 e. The van der Waals surface area contributed by atoms with E-state index >= 15 is 0 Å². The lowest BCUT2D eigenvalue weighted by molar-refractivity contribution is -0.0808. The fourth-order valence-corrected chi connectivity index (χ4v) is 1.36. The molecule has 1 aromatic carbocycles. The highest BCUT2D eigenvalue weighted by molar-refractivity contribution is 6.20. The molecule has 4 nitrogen and oxygen atoms in total. The number of nitrogens with zero attached hydrogens (tertiary/aromatic N) is 1. The zero-order valence-electron chi connectivity index (χ0n) is 8.27. The van der Waals surface area contributed by atoms with Gasteiger partial charge in [0, 0.05) is 1.37 Å². The van der Waals surface area contributed by atoms with Gasteiger partial charge in [-0.3, -0.25) is 14.4 Å². The summed E-state index contributed by atoms with van der Waals surface area (Å²) in [5.74, 6) is -0.949. The minimum Gasteiger partial charge on any atom is -0.266 e. The van der Waals surface area contributed by atoms with Crippen LogP contribution in [0.5, 0.6) is 0 Å². The predicted molar refractivity (Wildman–Crippen MR) is 48.3 cm³/mol. The first-order valence-corrected chi connectivity index (χ1v) is 4.06. The molecule has 1 heterocycles. The Morgan fingerprint density at radius 3 is 2.36 bits per heavy atom. The first kappa shape index (κ1) is 7.70. The van der Waals surface area contributed by atoms with Crippen LogP contribution in [0.2, 0.25) is 0 Å². The fraction of sp³-hybridized carbons (Fsp3) is 0.100. The molecule has 0 saturated heterocycles. The molecule has 0 fully saturated rings. The molecule has 14 heavy (non-hydrogen) atoms. The maximum Gasteiger partial charge on any atom is 0.285 e. The quantitative estimate of drug-likeness (QED) is 0.672. The van der Waals surface area contributed by atoms with Gasteiger partial charge in [0.2, 0.25) is 0 Å². The van der Waals surface area contributed by atoms with Crippen molar-refractivity contribution in [3.05, 3.63) is 42.3 Å². The lowest BCUT2D eigenvalue weighted by Crippen LogP contribution is -2.29. The minimum atomic E-state index is -0.475. The van der Waals surface area contributed by atoms with Crippen LogP contribution >= 0.6 is 0 Å². The molecular weight excluding hydrogens is 182 g/mol. The lowest BCUT2D eigenvalue weighted by atomic mass is 10.1. The molecule has 0 spiro atoms. The van der Waals surface area contributed by atoms with Crippen LogP contribution in [0.4, 0.5) is 0 Å². The molecule has 0 N–H and O–H groups in total. The first-order chi connectivity index (χ1) is 7.25. The summed E-state index contributed by atoms with van der Waals surface area (Å²) in [6.45, 7) is 0.884. The first-order valence-electron chi connectivity index (χ1n) is 4.64. The van der Waals surface area contributed by atoms with E-state index in [1.54, 1.807) is 24.3 Å². The molecule has 71 valence electrons. The molecule has 0 aliphatic carbocycles. The van der Waals surface area contributed by atoms with Gasteiger partial charge in [-0.25, -0.2) is 0 Å². The Morgan fingerprint density at radius 2 is 1.86 bits per heavy atom. The number of fused-ring (bicyclic) bond motifs is 1. The molecule has 1 aliphatic heterocycles. The van der Waals surface area contributed by atoms with Gasteiger partial charge < -0.3 is 0 Å². The van der Waals surface area contributed by atoms with Gasteiger partial charge in [0.25, 0.3) is 11.8 Å². The van der Waals surface area contributed by atoms with Gasteiger partial charge in [0.1, 0.15) is 0 Å². The number of hydrogen-bond acceptors (Lipinski definition) is 3. The summed E-state index contributed by atoms with van der Waals surface area (Å²) >= 11 is 0. The van der Waals surface area contributed by atoms with E-state index in [1.807, 2.05) is 0 Å². The summed E-state index contributed by atoms with van der Waals surface area (Å²) in [5, 5.41) is 0.690. The van der Waals surface area contributed by atoms with Crippen molar-refractivity contribution in [3.63, 3.8) is 0 Å². The third-order valence-corrected chi connectivity index (χ3v) is 1.96. The second-order valence-electron chi connectivity index (χ2n) is 2.75. The second-order valence-corrected chi connectivity index (χ2v) is 2.75. The van der Waals surface area contributed by atoms with Crippen molar-refractivity contribution in [2.75, 3.05) is 6.61 Å². The Bertz CT molecular complexity index is 384. The van der Waals surface area contributed by atoms with Crippen molar-refractivity contribution in [2.45, 2.75) is 0 Å². The Balaban J connectivity index is 2.29. The molecule has 0 atom stereocenters. The summed E-state index contributed by atoms with van der Waals surface area (Å²) in [6, 6.07) is 6.51. The van der Waals surface area contributed by atoms with Crippen LogP contribution in [-0.4, -0.2) is 23.5 Å². The summed E-state index contributed by atoms with van der Waals surface area (Å²) < 4.78 is 6.76. The van der Waals surface area contributed by atoms with E-state index in [2.05, 4.69) is 0 Å². The number of carbonyl (C=O) groups is 2. The fourth-order valence-electron chi connectivity index (χ4n) is 1.36. The normalized spacial score (nSPS) is 15.7. The van der Waals surface area contributed by atoms with E-state index in [0.717, 1.165) is 6.90 Å². The number of amides is 2. The van der Waals surface area contributed by atoms with E-state index in [1.165, 1.54) is 0 Å². The van der Waals surface area contributed by atoms with E-state index in [-0.39, 0.29) is 6.61 Å². The molecule has 1 aromatic rings. The average molecular weight is 192 g/mol. The number of carbonyl (C=O) groups excluding carboxylic acids is 2. The molecule has 0 unspecified atom stereocenters. The number of rotatable bonds is 3.